The van der Waals surface area contributed by atoms with Gasteiger partial charge in [-0.05, 0) is 65.1 Å². The van der Waals surface area contributed by atoms with E-state index in [2.05, 4.69) is 9.98 Å². The lowest BCUT2D eigenvalue weighted by Gasteiger charge is -2.27. The minimum atomic E-state index is -1.24. The van der Waals surface area contributed by atoms with Crippen LogP contribution >= 0.6 is 0 Å². The van der Waals surface area contributed by atoms with Gasteiger partial charge in [-0.15, -0.1) is 0 Å². The summed E-state index contributed by atoms with van der Waals surface area (Å²) in [6.07, 6.45) is 3.49. The smallest absolute Gasteiger partial charge is 0.266 e. The van der Waals surface area contributed by atoms with Crippen LogP contribution in [0.4, 0.5) is 0 Å². The van der Waals surface area contributed by atoms with Crippen LogP contribution in [0, 0.1) is 6.92 Å². The number of aromatic nitrogens is 1. The molecule has 6 nitrogen and oxygen atoms in total. The van der Waals surface area contributed by atoms with Crippen LogP contribution in [0.25, 0.3) is 11.1 Å². The Labute approximate surface area is 169 Å². The van der Waals surface area contributed by atoms with Crippen molar-refractivity contribution in [3.8, 4) is 16.9 Å². The summed E-state index contributed by atoms with van der Waals surface area (Å²) in [6.45, 7) is 1.94. The SMILES string of the molecule is COc1ccc(C2(c3cccc(-c4ccncc4)c3)N=C(N)N(C)C2=O)cc1C. The summed E-state index contributed by atoms with van der Waals surface area (Å²) in [7, 11) is 3.27. The molecule has 29 heavy (non-hydrogen) atoms. The van der Waals surface area contributed by atoms with E-state index >= 15 is 0 Å². The molecule has 2 aromatic carbocycles. The first-order valence-corrected chi connectivity index (χ1v) is 9.27. The van der Waals surface area contributed by atoms with Crippen molar-refractivity contribution in [1.29, 1.82) is 0 Å². The second kappa shape index (κ2) is 7.05. The predicted octanol–water partition coefficient (Wildman–Crippen LogP) is 3.10. The summed E-state index contributed by atoms with van der Waals surface area (Å²) < 4.78 is 5.39. The first-order chi connectivity index (χ1) is 14.0. The Morgan fingerprint density at radius 3 is 2.34 bits per heavy atom. The topological polar surface area (TPSA) is 80.8 Å². The maximum Gasteiger partial charge on any atom is 0.266 e. The third-order valence-corrected chi connectivity index (χ3v) is 5.35. The van der Waals surface area contributed by atoms with Crippen molar-refractivity contribution < 1.29 is 9.53 Å². The molecule has 3 aromatic rings. The van der Waals surface area contributed by atoms with E-state index in [0.717, 1.165) is 33.6 Å². The van der Waals surface area contributed by atoms with E-state index in [4.69, 9.17) is 10.5 Å². The van der Waals surface area contributed by atoms with Crippen molar-refractivity contribution >= 4 is 11.9 Å². The number of nitrogens with two attached hydrogens (primary N) is 1. The van der Waals surface area contributed by atoms with Crippen LogP contribution in [0.5, 0.6) is 5.75 Å². The Morgan fingerprint density at radius 2 is 1.72 bits per heavy atom. The third kappa shape index (κ3) is 2.93. The molecule has 1 aliphatic heterocycles. The van der Waals surface area contributed by atoms with Gasteiger partial charge in [0.2, 0.25) is 0 Å². The predicted molar refractivity (Wildman–Crippen MR) is 113 cm³/mol. The molecule has 1 atom stereocenters. The molecule has 0 fully saturated rings. The number of hydrogen-bond donors (Lipinski definition) is 1. The number of likely N-dealkylation sites (N-methyl/N-ethyl adjacent to an activating group) is 1. The lowest BCUT2D eigenvalue weighted by Crippen LogP contribution is -2.41. The minimum absolute atomic E-state index is 0.188. The fraction of sp³-hybridized carbons (Fsp3) is 0.174. The molecule has 1 amide bonds. The fourth-order valence-electron chi connectivity index (χ4n) is 3.76. The largest absolute Gasteiger partial charge is 0.496 e. The van der Waals surface area contributed by atoms with Gasteiger partial charge >= 0.3 is 0 Å². The minimum Gasteiger partial charge on any atom is -0.496 e. The number of methoxy groups -OCH3 is 1. The van der Waals surface area contributed by atoms with E-state index in [-0.39, 0.29) is 11.9 Å². The van der Waals surface area contributed by atoms with Gasteiger partial charge in [0.1, 0.15) is 5.75 Å². The van der Waals surface area contributed by atoms with E-state index in [1.165, 1.54) is 4.90 Å². The number of rotatable bonds is 4. The van der Waals surface area contributed by atoms with Crippen molar-refractivity contribution in [2.24, 2.45) is 10.7 Å². The molecule has 146 valence electrons. The van der Waals surface area contributed by atoms with Gasteiger partial charge in [0.05, 0.1) is 7.11 Å². The number of guanidine groups is 1. The van der Waals surface area contributed by atoms with Crippen LogP contribution in [-0.4, -0.2) is 35.9 Å². The molecule has 0 aliphatic carbocycles. The monoisotopic (exact) mass is 386 g/mol. The molecule has 2 heterocycles. The molecule has 6 heteroatoms. The highest BCUT2D eigenvalue weighted by atomic mass is 16.5. The second-order valence-electron chi connectivity index (χ2n) is 7.05. The highest BCUT2D eigenvalue weighted by molar-refractivity contribution is 6.09. The van der Waals surface area contributed by atoms with Gasteiger partial charge < -0.3 is 10.5 Å². The lowest BCUT2D eigenvalue weighted by molar-refractivity contribution is -0.129. The molecule has 4 rings (SSSR count). The van der Waals surface area contributed by atoms with Gasteiger partial charge in [-0.2, -0.15) is 0 Å². The van der Waals surface area contributed by atoms with Gasteiger partial charge in [0.25, 0.3) is 5.91 Å². The van der Waals surface area contributed by atoms with Crippen LogP contribution in [0.1, 0.15) is 16.7 Å². The molecular formula is C23H22N4O2. The van der Waals surface area contributed by atoms with Gasteiger partial charge in [-0.3, -0.25) is 14.7 Å². The summed E-state index contributed by atoms with van der Waals surface area (Å²) >= 11 is 0. The Balaban J connectivity index is 1.94. The number of aryl methyl sites for hydroxylation is 1. The molecule has 2 N–H and O–H groups in total. The maximum absolute atomic E-state index is 13.4. The summed E-state index contributed by atoms with van der Waals surface area (Å²) in [6, 6.07) is 17.4. The second-order valence-corrected chi connectivity index (χ2v) is 7.05. The van der Waals surface area contributed by atoms with Crippen molar-refractivity contribution in [1.82, 2.24) is 9.88 Å². The van der Waals surface area contributed by atoms with Crippen molar-refractivity contribution in [3.05, 3.63) is 83.7 Å². The number of nitrogens with zero attached hydrogens (tertiary/aromatic N) is 3. The van der Waals surface area contributed by atoms with Crippen molar-refractivity contribution in [3.63, 3.8) is 0 Å². The number of benzene rings is 2. The van der Waals surface area contributed by atoms with Crippen LogP contribution in [0.2, 0.25) is 0 Å². The highest BCUT2D eigenvalue weighted by Gasteiger charge is 2.49. The van der Waals surface area contributed by atoms with Gasteiger partial charge in [0, 0.05) is 19.4 Å². The standard InChI is InChI=1S/C23H22N4O2/c1-15-13-19(7-8-20(15)29-3)23(21(28)27(2)22(24)26-23)18-6-4-5-17(14-18)16-9-11-25-12-10-16/h4-14H,1-3H3,(H2,24,26). The Bertz CT molecular complexity index is 1110. The summed E-state index contributed by atoms with van der Waals surface area (Å²) in [5.74, 6) is 0.759. The number of carbonyl (C=O) groups is 1. The zero-order valence-electron chi connectivity index (χ0n) is 16.6. The van der Waals surface area contributed by atoms with Gasteiger partial charge in [0.15, 0.2) is 11.5 Å². The van der Waals surface area contributed by atoms with Crippen LogP contribution in [0.15, 0.2) is 72.0 Å². The highest BCUT2D eigenvalue weighted by Crippen LogP contribution is 2.41. The molecular weight excluding hydrogens is 364 g/mol. The molecule has 0 saturated heterocycles. The summed E-state index contributed by atoms with van der Waals surface area (Å²) in [5, 5.41) is 0. The average Bonchev–Trinajstić information content (AvgIpc) is 2.99. The summed E-state index contributed by atoms with van der Waals surface area (Å²) in [4.78, 5) is 23.6. The number of pyridine rings is 1. The zero-order chi connectivity index (χ0) is 20.6. The van der Waals surface area contributed by atoms with E-state index < -0.39 is 5.54 Å². The number of amides is 1. The quantitative estimate of drug-likeness (QED) is 0.747. The Hall–Kier alpha value is -3.67. The third-order valence-electron chi connectivity index (χ3n) is 5.35. The molecule has 0 radical (unpaired) electrons. The molecule has 0 saturated carbocycles. The van der Waals surface area contributed by atoms with Crippen LogP contribution in [-0.2, 0) is 10.3 Å². The lowest BCUT2D eigenvalue weighted by atomic mass is 9.81. The number of carbonyl (C=O) groups excluding carboxylic acids is 1. The first kappa shape index (κ1) is 18.7. The van der Waals surface area contributed by atoms with Crippen molar-refractivity contribution in [2.75, 3.05) is 14.2 Å². The first-order valence-electron chi connectivity index (χ1n) is 9.27. The average molecular weight is 386 g/mol. The molecule has 1 unspecified atom stereocenters. The van der Waals surface area contributed by atoms with Gasteiger partial charge in [-0.25, -0.2) is 4.99 Å². The van der Waals surface area contributed by atoms with Crippen molar-refractivity contribution in [2.45, 2.75) is 12.5 Å². The molecule has 0 spiro atoms. The van der Waals surface area contributed by atoms with E-state index in [1.54, 1.807) is 26.6 Å². The number of aliphatic imine (C=N–C) groups is 1. The van der Waals surface area contributed by atoms with E-state index in [9.17, 15) is 4.79 Å². The number of ether oxygens (including phenoxy) is 1. The summed E-state index contributed by atoms with van der Waals surface area (Å²) in [5.41, 5.74) is 9.27. The molecule has 0 bridgehead atoms. The molecule has 1 aliphatic rings. The Kier molecular flexibility index (Phi) is 4.54. The van der Waals surface area contributed by atoms with E-state index in [1.807, 2.05) is 61.5 Å². The normalized spacial score (nSPS) is 18.7. The zero-order valence-corrected chi connectivity index (χ0v) is 16.6. The Morgan fingerprint density at radius 1 is 1.00 bits per heavy atom. The van der Waals surface area contributed by atoms with E-state index in [0.29, 0.717) is 0 Å². The maximum atomic E-state index is 13.4. The number of hydrogen-bond acceptors (Lipinski definition) is 5. The fourth-order valence-corrected chi connectivity index (χ4v) is 3.76. The van der Waals surface area contributed by atoms with Crippen LogP contribution < -0.4 is 10.5 Å². The molecule has 1 aromatic heterocycles. The van der Waals surface area contributed by atoms with Crippen LogP contribution in [0.3, 0.4) is 0 Å². The van der Waals surface area contributed by atoms with Gasteiger partial charge in [-0.1, -0.05) is 24.3 Å².